The monoisotopic (exact) mass is 390 g/mol. The summed E-state index contributed by atoms with van der Waals surface area (Å²) in [5, 5.41) is 5.38. The second kappa shape index (κ2) is 8.60. The molecule has 0 saturated carbocycles. The molecule has 1 heterocycles. The van der Waals surface area contributed by atoms with Crippen LogP contribution >= 0.6 is 23.5 Å². The molecule has 2 N–H and O–H groups in total. The minimum atomic E-state index is -0.560. The van der Waals surface area contributed by atoms with Crippen LogP contribution in [0.15, 0.2) is 53.4 Å². The molecular weight excluding hydrogens is 371 g/mol. The van der Waals surface area contributed by atoms with Gasteiger partial charge in [0, 0.05) is 16.3 Å². The zero-order valence-corrected chi connectivity index (χ0v) is 15.8. The van der Waals surface area contributed by atoms with E-state index in [0.29, 0.717) is 12.2 Å². The lowest BCUT2D eigenvalue weighted by Crippen LogP contribution is -2.52. The Morgan fingerprint density at radius 2 is 2.08 bits per heavy atom. The summed E-state index contributed by atoms with van der Waals surface area (Å²) in [6, 6.07) is 13.2. The van der Waals surface area contributed by atoms with E-state index in [1.807, 2.05) is 30.5 Å². The van der Waals surface area contributed by atoms with Gasteiger partial charge in [-0.3, -0.25) is 9.59 Å². The maximum Gasteiger partial charge on any atom is 0.247 e. The van der Waals surface area contributed by atoms with Crippen molar-refractivity contribution in [1.29, 1.82) is 0 Å². The summed E-state index contributed by atoms with van der Waals surface area (Å²) >= 11 is 3.05. The molecule has 2 atom stereocenters. The molecule has 0 bridgehead atoms. The van der Waals surface area contributed by atoms with Crippen molar-refractivity contribution < 1.29 is 14.0 Å². The van der Waals surface area contributed by atoms with Crippen LogP contribution in [-0.2, 0) is 16.0 Å². The van der Waals surface area contributed by atoms with Crippen LogP contribution in [0.5, 0.6) is 0 Å². The van der Waals surface area contributed by atoms with E-state index in [2.05, 4.69) is 10.6 Å². The molecule has 0 spiro atoms. The molecule has 1 aliphatic rings. The largest absolute Gasteiger partial charge is 0.343 e. The lowest BCUT2D eigenvalue weighted by atomic mass is 10.1. The fourth-order valence-electron chi connectivity index (χ4n) is 2.65. The SMILES string of the molecule is CSc1cccc(NC(=O)C2CSC(Cc3ccc(F)cc3)C(=O)N2)c1. The Morgan fingerprint density at radius 1 is 1.31 bits per heavy atom. The summed E-state index contributed by atoms with van der Waals surface area (Å²) in [6.45, 7) is 0. The van der Waals surface area contributed by atoms with Crippen LogP contribution in [0.25, 0.3) is 0 Å². The van der Waals surface area contributed by atoms with Gasteiger partial charge in [-0.05, 0) is 48.6 Å². The van der Waals surface area contributed by atoms with Crippen molar-refractivity contribution in [3.63, 3.8) is 0 Å². The number of halogens is 1. The number of thioether (sulfide) groups is 2. The Bertz CT molecular complexity index is 798. The van der Waals surface area contributed by atoms with E-state index in [0.717, 1.165) is 16.1 Å². The van der Waals surface area contributed by atoms with E-state index >= 15 is 0 Å². The van der Waals surface area contributed by atoms with Gasteiger partial charge in [-0.15, -0.1) is 23.5 Å². The van der Waals surface area contributed by atoms with Gasteiger partial charge in [0.2, 0.25) is 11.8 Å². The Morgan fingerprint density at radius 3 is 2.77 bits per heavy atom. The van der Waals surface area contributed by atoms with E-state index in [1.165, 1.54) is 23.9 Å². The third kappa shape index (κ3) is 4.80. The molecule has 0 aromatic heterocycles. The van der Waals surface area contributed by atoms with Crippen molar-refractivity contribution in [3.05, 3.63) is 59.9 Å². The van der Waals surface area contributed by atoms with Crippen LogP contribution < -0.4 is 10.6 Å². The van der Waals surface area contributed by atoms with Gasteiger partial charge in [0.05, 0.1) is 5.25 Å². The van der Waals surface area contributed by atoms with Crippen LogP contribution in [0, 0.1) is 5.82 Å². The van der Waals surface area contributed by atoms with Gasteiger partial charge in [-0.2, -0.15) is 0 Å². The molecule has 0 radical (unpaired) electrons. The first-order valence-electron chi connectivity index (χ1n) is 8.16. The fourth-order valence-corrected chi connectivity index (χ4v) is 4.30. The molecule has 0 aliphatic carbocycles. The average molecular weight is 391 g/mol. The van der Waals surface area contributed by atoms with Crippen molar-refractivity contribution >= 4 is 41.0 Å². The van der Waals surface area contributed by atoms with E-state index < -0.39 is 6.04 Å². The summed E-state index contributed by atoms with van der Waals surface area (Å²) in [6.07, 6.45) is 2.49. The highest BCUT2D eigenvalue weighted by atomic mass is 32.2. The highest BCUT2D eigenvalue weighted by Crippen LogP contribution is 2.24. The summed E-state index contributed by atoms with van der Waals surface area (Å²) in [4.78, 5) is 25.8. The number of carbonyl (C=O) groups excluding carboxylic acids is 2. The van der Waals surface area contributed by atoms with Crippen LogP contribution in [0.2, 0.25) is 0 Å². The van der Waals surface area contributed by atoms with Crippen LogP contribution in [0.3, 0.4) is 0 Å². The van der Waals surface area contributed by atoms with Crippen molar-refractivity contribution in [3.8, 4) is 0 Å². The number of nitrogens with one attached hydrogen (secondary N) is 2. The molecule has 26 heavy (non-hydrogen) atoms. The molecule has 2 amide bonds. The van der Waals surface area contributed by atoms with Gasteiger partial charge in [0.25, 0.3) is 0 Å². The molecule has 1 saturated heterocycles. The zero-order valence-electron chi connectivity index (χ0n) is 14.2. The molecule has 3 rings (SSSR count). The fraction of sp³-hybridized carbons (Fsp3) is 0.263. The highest BCUT2D eigenvalue weighted by Gasteiger charge is 2.32. The molecule has 1 fully saturated rings. The van der Waals surface area contributed by atoms with Gasteiger partial charge >= 0.3 is 0 Å². The Balaban J connectivity index is 1.56. The minimum Gasteiger partial charge on any atom is -0.343 e. The number of hydrogen-bond donors (Lipinski definition) is 2. The number of carbonyl (C=O) groups is 2. The van der Waals surface area contributed by atoms with E-state index in [4.69, 9.17) is 0 Å². The van der Waals surface area contributed by atoms with Gasteiger partial charge < -0.3 is 10.6 Å². The first-order valence-corrected chi connectivity index (χ1v) is 10.4. The highest BCUT2D eigenvalue weighted by molar-refractivity contribution is 8.00. The zero-order chi connectivity index (χ0) is 18.5. The molecule has 2 aromatic rings. The normalized spacial score (nSPS) is 19.7. The number of benzene rings is 2. The molecule has 2 unspecified atom stereocenters. The second-order valence-corrected chi connectivity index (χ2v) is 8.05. The minimum absolute atomic E-state index is 0.163. The van der Waals surface area contributed by atoms with Gasteiger partial charge in [-0.1, -0.05) is 18.2 Å². The quantitative estimate of drug-likeness (QED) is 0.769. The number of anilines is 1. The first kappa shape index (κ1) is 18.8. The van der Waals surface area contributed by atoms with Gasteiger partial charge in [0.1, 0.15) is 11.9 Å². The van der Waals surface area contributed by atoms with Crippen molar-refractivity contribution in [2.24, 2.45) is 0 Å². The maximum absolute atomic E-state index is 13.0. The van der Waals surface area contributed by atoms with Crippen LogP contribution in [0.4, 0.5) is 10.1 Å². The summed E-state index contributed by atoms with van der Waals surface area (Å²) in [5.74, 6) is -0.171. The van der Waals surface area contributed by atoms with Gasteiger partial charge in [0.15, 0.2) is 0 Å². The molecule has 4 nitrogen and oxygen atoms in total. The van der Waals surface area contributed by atoms with Crippen molar-refractivity contribution in [2.75, 3.05) is 17.3 Å². The Labute approximate surface area is 160 Å². The molecule has 7 heteroatoms. The number of rotatable bonds is 5. The van der Waals surface area contributed by atoms with Crippen LogP contribution in [0.1, 0.15) is 5.56 Å². The van der Waals surface area contributed by atoms with E-state index in [-0.39, 0.29) is 22.9 Å². The third-order valence-electron chi connectivity index (χ3n) is 4.06. The molecule has 1 aliphatic heterocycles. The second-order valence-electron chi connectivity index (χ2n) is 5.93. The van der Waals surface area contributed by atoms with Gasteiger partial charge in [-0.25, -0.2) is 4.39 Å². The predicted molar refractivity (Wildman–Crippen MR) is 105 cm³/mol. The molecule has 136 valence electrons. The predicted octanol–water partition coefficient (Wildman–Crippen LogP) is 3.33. The lowest BCUT2D eigenvalue weighted by molar-refractivity contribution is -0.126. The topological polar surface area (TPSA) is 58.2 Å². The summed E-state index contributed by atoms with van der Waals surface area (Å²) in [7, 11) is 0. The standard InChI is InChI=1S/C19H19FN2O2S2/c1-25-15-4-2-3-14(10-15)21-18(23)16-11-26-17(19(24)22-16)9-12-5-7-13(20)8-6-12/h2-8,10,16-17H,9,11H2,1H3,(H,21,23)(H,22,24). The molecular formula is C19H19FN2O2S2. The smallest absolute Gasteiger partial charge is 0.247 e. The number of amides is 2. The average Bonchev–Trinajstić information content (AvgIpc) is 2.65. The van der Waals surface area contributed by atoms with Crippen molar-refractivity contribution in [1.82, 2.24) is 5.32 Å². The summed E-state index contributed by atoms with van der Waals surface area (Å²) < 4.78 is 13.0. The first-order chi connectivity index (χ1) is 12.5. The Hall–Kier alpha value is -1.99. The summed E-state index contributed by atoms with van der Waals surface area (Å²) in [5.41, 5.74) is 1.62. The third-order valence-corrected chi connectivity index (χ3v) is 6.10. The number of hydrogen-bond acceptors (Lipinski definition) is 4. The Kier molecular flexibility index (Phi) is 6.21. The van der Waals surface area contributed by atoms with Crippen LogP contribution in [-0.4, -0.2) is 35.1 Å². The van der Waals surface area contributed by atoms with E-state index in [1.54, 1.807) is 23.9 Å². The maximum atomic E-state index is 13.0. The van der Waals surface area contributed by atoms with Crippen molar-refractivity contribution in [2.45, 2.75) is 22.6 Å². The van der Waals surface area contributed by atoms with E-state index in [9.17, 15) is 14.0 Å². The lowest BCUT2D eigenvalue weighted by Gasteiger charge is -2.28. The molecule has 2 aromatic carbocycles.